The van der Waals surface area contributed by atoms with Crippen LogP contribution in [-0.4, -0.2) is 66.0 Å². The third-order valence-electron chi connectivity index (χ3n) is 3.54. The number of carbonyl (C=O) groups excluding carboxylic acids is 1. The largest absolute Gasteiger partial charge is 0.382 e. The number of halogens is 1. The predicted molar refractivity (Wildman–Crippen MR) is 116 cm³/mol. The normalized spacial score (nSPS) is 10.8. The number of guanidine groups is 1. The molecule has 148 valence electrons. The second-order valence-electron chi connectivity index (χ2n) is 5.41. The van der Waals surface area contributed by atoms with E-state index in [4.69, 9.17) is 9.47 Å². The van der Waals surface area contributed by atoms with Crippen LogP contribution < -0.4 is 16.0 Å². The number of benzene rings is 1. The van der Waals surface area contributed by atoms with Crippen molar-refractivity contribution >= 4 is 35.8 Å². The third kappa shape index (κ3) is 10.6. The lowest BCUT2D eigenvalue weighted by molar-refractivity contribution is 0.0698. The Labute approximate surface area is 173 Å². The monoisotopic (exact) mass is 478 g/mol. The highest BCUT2D eigenvalue weighted by Gasteiger charge is 2.04. The van der Waals surface area contributed by atoms with Crippen molar-refractivity contribution < 1.29 is 14.3 Å². The van der Waals surface area contributed by atoms with Gasteiger partial charge in [0.25, 0.3) is 5.91 Å². The minimum Gasteiger partial charge on any atom is -0.382 e. The van der Waals surface area contributed by atoms with E-state index in [0.717, 1.165) is 37.5 Å². The van der Waals surface area contributed by atoms with Crippen molar-refractivity contribution in [1.82, 2.24) is 16.0 Å². The quantitative estimate of drug-likeness (QED) is 0.194. The summed E-state index contributed by atoms with van der Waals surface area (Å²) in [6, 6.07) is 7.64. The smallest absolute Gasteiger partial charge is 0.251 e. The Hall–Kier alpha value is -1.39. The van der Waals surface area contributed by atoms with Crippen LogP contribution in [0.4, 0.5) is 0 Å². The lowest BCUT2D eigenvalue weighted by Crippen LogP contribution is -2.39. The Kier molecular flexibility index (Phi) is 15.0. The van der Waals surface area contributed by atoms with Crippen molar-refractivity contribution in [3.05, 3.63) is 35.4 Å². The average molecular weight is 478 g/mol. The van der Waals surface area contributed by atoms with Gasteiger partial charge in [-0.3, -0.25) is 9.79 Å². The predicted octanol–water partition coefficient (Wildman–Crippen LogP) is 1.42. The molecule has 1 amide bonds. The van der Waals surface area contributed by atoms with Crippen LogP contribution in [0.25, 0.3) is 0 Å². The standard InChI is InChI=1S/C18H30N4O3.HI/c1-19-17(23)16-7-4-6-15(14-16)8-10-22-18(20-2)21-9-5-11-25-13-12-24-3;/h4,6-7,14H,5,8-13H2,1-3H3,(H,19,23)(H2,20,21,22);1H. The summed E-state index contributed by atoms with van der Waals surface area (Å²) in [5.74, 6) is 0.694. The average Bonchev–Trinajstić information content (AvgIpc) is 2.65. The zero-order valence-corrected chi connectivity index (χ0v) is 18.2. The number of ether oxygens (including phenoxy) is 2. The SMILES string of the molecule is CN=C(NCCCOCCOC)NCCc1cccc(C(=O)NC)c1.I. The number of nitrogens with one attached hydrogen (secondary N) is 3. The van der Waals surface area contributed by atoms with Crippen LogP contribution in [0.1, 0.15) is 22.3 Å². The second kappa shape index (κ2) is 15.8. The van der Waals surface area contributed by atoms with Crippen LogP contribution in [0, 0.1) is 0 Å². The molecule has 0 spiro atoms. The molecule has 7 nitrogen and oxygen atoms in total. The van der Waals surface area contributed by atoms with Crippen LogP contribution in [-0.2, 0) is 15.9 Å². The van der Waals surface area contributed by atoms with Gasteiger partial charge in [-0.1, -0.05) is 12.1 Å². The molecule has 0 aromatic heterocycles. The first kappa shape index (κ1) is 24.6. The molecule has 1 aromatic carbocycles. The molecule has 1 aromatic rings. The number of amides is 1. The highest BCUT2D eigenvalue weighted by molar-refractivity contribution is 14.0. The Morgan fingerprint density at radius 3 is 2.62 bits per heavy atom. The summed E-state index contributed by atoms with van der Waals surface area (Å²) in [5.41, 5.74) is 1.78. The van der Waals surface area contributed by atoms with Gasteiger partial charge in [-0.15, -0.1) is 24.0 Å². The van der Waals surface area contributed by atoms with Gasteiger partial charge in [-0.05, 0) is 30.5 Å². The molecule has 0 saturated carbocycles. The van der Waals surface area contributed by atoms with Crippen LogP contribution in [0.3, 0.4) is 0 Å². The van der Waals surface area contributed by atoms with Gasteiger partial charge in [0.1, 0.15) is 0 Å². The van der Waals surface area contributed by atoms with Crippen molar-refractivity contribution in [2.75, 3.05) is 54.1 Å². The number of nitrogens with zero attached hydrogens (tertiary/aromatic N) is 1. The van der Waals surface area contributed by atoms with Crippen molar-refractivity contribution in [1.29, 1.82) is 0 Å². The Balaban J connectivity index is 0.00000625. The van der Waals surface area contributed by atoms with E-state index in [2.05, 4.69) is 20.9 Å². The van der Waals surface area contributed by atoms with Crippen LogP contribution in [0.2, 0.25) is 0 Å². The fraction of sp³-hybridized carbons (Fsp3) is 0.556. The molecule has 0 atom stereocenters. The molecule has 1 rings (SSSR count). The molecule has 0 heterocycles. The minimum absolute atomic E-state index is 0. The number of rotatable bonds is 11. The number of methoxy groups -OCH3 is 1. The first-order valence-corrected chi connectivity index (χ1v) is 8.53. The molecule has 0 aliphatic carbocycles. The number of hydrogen-bond acceptors (Lipinski definition) is 4. The van der Waals surface area contributed by atoms with E-state index in [1.54, 1.807) is 21.2 Å². The summed E-state index contributed by atoms with van der Waals surface area (Å²) in [7, 11) is 5.04. The van der Waals surface area contributed by atoms with E-state index < -0.39 is 0 Å². The van der Waals surface area contributed by atoms with E-state index in [0.29, 0.717) is 25.4 Å². The first-order chi connectivity index (χ1) is 12.2. The van der Waals surface area contributed by atoms with Crippen molar-refractivity contribution in [3.63, 3.8) is 0 Å². The third-order valence-corrected chi connectivity index (χ3v) is 3.54. The first-order valence-electron chi connectivity index (χ1n) is 8.53. The molecular weight excluding hydrogens is 447 g/mol. The van der Waals surface area contributed by atoms with E-state index in [1.165, 1.54) is 0 Å². The Morgan fingerprint density at radius 2 is 1.92 bits per heavy atom. The van der Waals surface area contributed by atoms with Gasteiger partial charge in [0.15, 0.2) is 5.96 Å². The van der Waals surface area contributed by atoms with Gasteiger partial charge in [-0.2, -0.15) is 0 Å². The molecule has 0 bridgehead atoms. The lowest BCUT2D eigenvalue weighted by Gasteiger charge is -2.12. The van der Waals surface area contributed by atoms with Crippen LogP contribution in [0.5, 0.6) is 0 Å². The lowest BCUT2D eigenvalue weighted by atomic mass is 10.1. The van der Waals surface area contributed by atoms with Gasteiger partial charge in [-0.25, -0.2) is 0 Å². The zero-order valence-electron chi connectivity index (χ0n) is 15.8. The van der Waals surface area contributed by atoms with Crippen molar-refractivity contribution in [2.24, 2.45) is 4.99 Å². The summed E-state index contributed by atoms with van der Waals surface area (Å²) in [5, 5.41) is 9.15. The molecule has 0 aliphatic rings. The zero-order chi connectivity index (χ0) is 18.3. The van der Waals surface area contributed by atoms with E-state index >= 15 is 0 Å². The maximum absolute atomic E-state index is 11.7. The molecular formula is C18H31IN4O3. The van der Waals surface area contributed by atoms with E-state index in [1.807, 2.05) is 24.3 Å². The van der Waals surface area contributed by atoms with Gasteiger partial charge in [0, 0.05) is 46.5 Å². The Bertz CT molecular complexity index is 541. The molecule has 0 aliphatic heterocycles. The van der Waals surface area contributed by atoms with Crippen LogP contribution in [0.15, 0.2) is 29.3 Å². The maximum atomic E-state index is 11.7. The number of carbonyl (C=O) groups is 1. The fourth-order valence-corrected chi connectivity index (χ4v) is 2.18. The van der Waals surface area contributed by atoms with Gasteiger partial charge >= 0.3 is 0 Å². The summed E-state index contributed by atoms with van der Waals surface area (Å²) >= 11 is 0. The molecule has 0 radical (unpaired) electrons. The highest BCUT2D eigenvalue weighted by Crippen LogP contribution is 2.05. The minimum atomic E-state index is -0.0694. The molecule has 0 fully saturated rings. The highest BCUT2D eigenvalue weighted by atomic mass is 127. The topological polar surface area (TPSA) is 84.0 Å². The van der Waals surface area contributed by atoms with E-state index in [-0.39, 0.29) is 29.9 Å². The van der Waals surface area contributed by atoms with Gasteiger partial charge in [0.2, 0.25) is 0 Å². The summed E-state index contributed by atoms with van der Waals surface area (Å²) < 4.78 is 10.3. The molecule has 0 unspecified atom stereocenters. The van der Waals surface area contributed by atoms with Crippen molar-refractivity contribution in [3.8, 4) is 0 Å². The second-order valence-corrected chi connectivity index (χ2v) is 5.41. The number of aliphatic imine (C=N–C) groups is 1. The maximum Gasteiger partial charge on any atom is 0.251 e. The Morgan fingerprint density at radius 1 is 1.15 bits per heavy atom. The van der Waals surface area contributed by atoms with Crippen LogP contribution >= 0.6 is 24.0 Å². The van der Waals surface area contributed by atoms with E-state index in [9.17, 15) is 4.79 Å². The van der Waals surface area contributed by atoms with Gasteiger partial charge < -0.3 is 25.4 Å². The summed E-state index contributed by atoms with van der Waals surface area (Å²) in [4.78, 5) is 15.8. The fourth-order valence-electron chi connectivity index (χ4n) is 2.18. The molecule has 0 saturated heterocycles. The van der Waals surface area contributed by atoms with Gasteiger partial charge in [0.05, 0.1) is 13.2 Å². The van der Waals surface area contributed by atoms with Crippen molar-refractivity contribution in [2.45, 2.75) is 12.8 Å². The molecule has 3 N–H and O–H groups in total. The summed E-state index contributed by atoms with van der Waals surface area (Å²) in [6.45, 7) is 3.47. The number of hydrogen-bond donors (Lipinski definition) is 3. The molecule has 26 heavy (non-hydrogen) atoms. The molecule has 8 heteroatoms. The summed E-state index contributed by atoms with van der Waals surface area (Å²) in [6.07, 6.45) is 1.71.